The number of aliphatic hydroxyl groups excluding tert-OH is 1. The van der Waals surface area contributed by atoms with Crippen molar-refractivity contribution in [3.8, 4) is 44.5 Å². The van der Waals surface area contributed by atoms with Crippen molar-refractivity contribution >= 4 is 34.2 Å². The van der Waals surface area contributed by atoms with E-state index in [0.29, 0.717) is 6.42 Å². The Morgan fingerprint density at radius 2 is 1.17 bits per heavy atom. The molecule has 1 unspecified atom stereocenters. The summed E-state index contributed by atoms with van der Waals surface area (Å²) in [5, 5.41) is 14.0. The van der Waals surface area contributed by atoms with Gasteiger partial charge in [-0.25, -0.2) is 0 Å². The van der Waals surface area contributed by atoms with Crippen LogP contribution in [0.3, 0.4) is 0 Å². The number of aryl methyl sites for hydroxylation is 1. The van der Waals surface area contributed by atoms with Crippen LogP contribution in [-0.2, 0) is 0 Å². The Morgan fingerprint density at radius 1 is 0.586 bits per heavy atom. The van der Waals surface area contributed by atoms with E-state index in [1.165, 1.54) is 33.0 Å². The minimum absolute atomic E-state index is 0.671. The molecule has 1 aliphatic rings. The quantitative estimate of drug-likeness (QED) is 0.147. The van der Waals surface area contributed by atoms with Crippen LogP contribution in [-0.4, -0.2) is 10.8 Å². The summed E-state index contributed by atoms with van der Waals surface area (Å²) < 4.78 is 0. The van der Waals surface area contributed by atoms with Crippen molar-refractivity contribution in [3.05, 3.63) is 234 Å². The molecule has 0 spiro atoms. The maximum absolute atomic E-state index is 11.5. The Hall–Kier alpha value is -7.13. The predicted octanol–water partition coefficient (Wildman–Crippen LogP) is 14.4. The number of fused-ring (bicyclic) bond motifs is 2. The number of hydrogen-bond acceptors (Lipinski definition) is 2. The summed E-state index contributed by atoms with van der Waals surface area (Å²) in [5.41, 5.74) is 17.3. The molecule has 58 heavy (non-hydrogen) atoms. The van der Waals surface area contributed by atoms with E-state index in [9.17, 15) is 5.11 Å². The fraction of sp³-hybridized carbons (Fsp3) is 0.0536. The number of rotatable bonds is 9. The van der Waals surface area contributed by atoms with Gasteiger partial charge in [0.05, 0.1) is 0 Å². The lowest BCUT2D eigenvalue weighted by Crippen LogP contribution is -2.09. The second-order valence-corrected chi connectivity index (χ2v) is 15.0. The van der Waals surface area contributed by atoms with Crippen LogP contribution in [0.5, 0.6) is 0 Å². The van der Waals surface area contributed by atoms with Crippen LogP contribution < -0.4 is 0 Å². The van der Waals surface area contributed by atoms with Crippen LogP contribution in [0.25, 0.3) is 73.0 Å². The molecule has 8 aromatic rings. The van der Waals surface area contributed by atoms with Gasteiger partial charge in [0.15, 0.2) is 6.23 Å². The first kappa shape index (κ1) is 36.5. The van der Waals surface area contributed by atoms with Crippen molar-refractivity contribution in [2.75, 3.05) is 0 Å². The third kappa shape index (κ3) is 7.67. The Morgan fingerprint density at radius 3 is 1.91 bits per heavy atom. The first-order valence-electron chi connectivity index (χ1n) is 19.8. The van der Waals surface area contributed by atoms with Crippen molar-refractivity contribution in [3.63, 3.8) is 0 Å². The van der Waals surface area contributed by atoms with E-state index in [0.717, 1.165) is 66.9 Å². The third-order valence-corrected chi connectivity index (χ3v) is 11.2. The van der Waals surface area contributed by atoms with Crippen LogP contribution in [0.2, 0.25) is 0 Å². The van der Waals surface area contributed by atoms with Crippen LogP contribution in [0.4, 0.5) is 0 Å². The van der Waals surface area contributed by atoms with Crippen molar-refractivity contribution < 1.29 is 5.11 Å². The Labute approximate surface area is 341 Å². The van der Waals surface area contributed by atoms with Crippen molar-refractivity contribution in [2.45, 2.75) is 19.6 Å². The number of aliphatic hydroxyl groups is 1. The average molecular weight is 746 g/mol. The van der Waals surface area contributed by atoms with Crippen LogP contribution in [0, 0.1) is 6.92 Å². The van der Waals surface area contributed by atoms with E-state index < -0.39 is 6.23 Å². The minimum atomic E-state index is -0.987. The monoisotopic (exact) mass is 745 g/mol. The van der Waals surface area contributed by atoms with Gasteiger partial charge < -0.3 is 5.11 Å². The molecule has 0 heterocycles. The lowest BCUT2D eigenvalue weighted by atomic mass is 9.91. The summed E-state index contributed by atoms with van der Waals surface area (Å²) in [6, 6.07) is 63.7. The van der Waals surface area contributed by atoms with Gasteiger partial charge in [0, 0.05) is 23.3 Å². The summed E-state index contributed by atoms with van der Waals surface area (Å²) in [6.45, 7) is 6.66. The zero-order chi connectivity index (χ0) is 39.4. The molecular formula is C56H43NO. The van der Waals surface area contributed by atoms with Crippen LogP contribution in [0.1, 0.15) is 46.0 Å². The van der Waals surface area contributed by atoms with Gasteiger partial charge in [-0.05, 0) is 120 Å². The highest BCUT2D eigenvalue weighted by molar-refractivity contribution is 6.07. The maximum atomic E-state index is 11.5. The van der Waals surface area contributed by atoms with Gasteiger partial charge in [0.2, 0.25) is 0 Å². The van der Waals surface area contributed by atoms with Crippen molar-refractivity contribution in [2.24, 2.45) is 4.99 Å². The van der Waals surface area contributed by atoms with Crippen molar-refractivity contribution in [1.29, 1.82) is 0 Å². The van der Waals surface area contributed by atoms with E-state index in [4.69, 9.17) is 4.99 Å². The molecule has 9 rings (SSSR count). The molecule has 0 fully saturated rings. The molecule has 0 saturated carbocycles. The van der Waals surface area contributed by atoms with Gasteiger partial charge in [-0.3, -0.25) is 4.99 Å². The first-order valence-corrected chi connectivity index (χ1v) is 19.8. The fourth-order valence-electron chi connectivity index (χ4n) is 7.93. The van der Waals surface area contributed by atoms with Gasteiger partial charge in [-0.15, -0.1) is 0 Å². The summed E-state index contributed by atoms with van der Waals surface area (Å²) >= 11 is 0. The lowest BCUT2D eigenvalue weighted by molar-refractivity contribution is 0.188. The van der Waals surface area contributed by atoms with E-state index in [1.807, 2.05) is 24.3 Å². The molecule has 1 atom stereocenters. The van der Waals surface area contributed by atoms with Gasteiger partial charge in [0.1, 0.15) is 0 Å². The SMILES string of the molecule is C=C(/C=C\c1ccc2ccc(-c3ccccc3)cc2c1C)c1cccc(-c2cccc(-c3cccc(C(O)/N=C4\CC=Cc5ccc(-c6ccccc6)cc54)c3)c2)c1. The predicted molar refractivity (Wildman–Crippen MR) is 247 cm³/mol. The number of hydrogen-bond donors (Lipinski definition) is 1. The van der Waals surface area contributed by atoms with E-state index in [-0.39, 0.29) is 0 Å². The highest BCUT2D eigenvalue weighted by atomic mass is 16.3. The van der Waals surface area contributed by atoms with E-state index in [2.05, 4.69) is 196 Å². The molecule has 0 radical (unpaired) electrons. The summed E-state index contributed by atoms with van der Waals surface area (Å²) in [6.07, 6.45) is 8.24. The minimum Gasteiger partial charge on any atom is -0.368 e. The largest absolute Gasteiger partial charge is 0.368 e. The van der Waals surface area contributed by atoms with Gasteiger partial charge in [-0.2, -0.15) is 0 Å². The molecule has 0 aromatic heterocycles. The molecule has 0 bridgehead atoms. The molecule has 1 N–H and O–H groups in total. The fourth-order valence-corrected chi connectivity index (χ4v) is 7.93. The zero-order valence-electron chi connectivity index (χ0n) is 32.5. The molecule has 278 valence electrons. The molecule has 2 nitrogen and oxygen atoms in total. The highest BCUT2D eigenvalue weighted by Gasteiger charge is 2.16. The third-order valence-electron chi connectivity index (χ3n) is 11.2. The summed E-state index contributed by atoms with van der Waals surface area (Å²) in [5.74, 6) is 0. The number of allylic oxidation sites excluding steroid dienone is 3. The highest BCUT2D eigenvalue weighted by Crippen LogP contribution is 2.33. The van der Waals surface area contributed by atoms with Gasteiger partial charge in [-0.1, -0.05) is 183 Å². The molecule has 2 heteroatoms. The summed E-state index contributed by atoms with van der Waals surface area (Å²) in [7, 11) is 0. The Balaban J connectivity index is 0.937. The molecule has 0 amide bonds. The normalized spacial score (nSPS) is 13.5. The second-order valence-electron chi connectivity index (χ2n) is 15.0. The van der Waals surface area contributed by atoms with E-state index in [1.54, 1.807) is 0 Å². The summed E-state index contributed by atoms with van der Waals surface area (Å²) in [4.78, 5) is 4.88. The molecule has 0 saturated heterocycles. The topological polar surface area (TPSA) is 32.6 Å². The zero-order valence-corrected chi connectivity index (χ0v) is 32.5. The molecular weight excluding hydrogens is 703 g/mol. The van der Waals surface area contributed by atoms with Crippen LogP contribution in [0.15, 0.2) is 206 Å². The molecule has 0 aliphatic heterocycles. The Kier molecular flexibility index (Phi) is 10.2. The number of benzene rings is 8. The number of aliphatic imine (C=N–C) groups is 1. The van der Waals surface area contributed by atoms with Gasteiger partial charge in [0.25, 0.3) is 0 Å². The van der Waals surface area contributed by atoms with Crippen molar-refractivity contribution in [1.82, 2.24) is 0 Å². The second kappa shape index (κ2) is 16.2. The molecule has 8 aromatic carbocycles. The first-order chi connectivity index (χ1) is 28.5. The lowest BCUT2D eigenvalue weighted by Gasteiger charge is -2.17. The number of nitrogens with zero attached hydrogens (tertiary/aromatic N) is 1. The molecule has 1 aliphatic carbocycles. The van der Waals surface area contributed by atoms with E-state index >= 15 is 0 Å². The van der Waals surface area contributed by atoms with Gasteiger partial charge >= 0.3 is 0 Å². The maximum Gasteiger partial charge on any atom is 0.171 e. The Bertz CT molecular complexity index is 2900. The average Bonchev–Trinajstić information content (AvgIpc) is 3.29. The standard InChI is InChI=1S/C56H43NO/c1-38(25-26-40-27-28-44-30-32-50(36-53(44)39(40)2)41-13-5-3-6-14-41)45-18-9-19-46(33-45)47-20-10-21-48(34-47)49-22-11-23-52(35-49)56(58)57-55-24-12-17-43-29-31-51(37-54(43)55)42-15-7-4-8-16-42/h3-23,25-37,56,58H,1,24H2,2H3/b26-25-,57-55+. The smallest absolute Gasteiger partial charge is 0.171 e. The van der Waals surface area contributed by atoms with Crippen LogP contribution >= 0.6 is 0 Å².